The molecule has 2 aromatic heterocycles. The molecule has 27 heavy (non-hydrogen) atoms. The maximum Gasteiger partial charge on any atom is 0.407 e. The fourth-order valence-electron chi connectivity index (χ4n) is 4.09. The van der Waals surface area contributed by atoms with Crippen molar-refractivity contribution in [1.82, 2.24) is 15.0 Å². The summed E-state index contributed by atoms with van der Waals surface area (Å²) in [6.07, 6.45) is 2.79. The van der Waals surface area contributed by atoms with Gasteiger partial charge in [-0.1, -0.05) is 22.8 Å². The van der Waals surface area contributed by atoms with Crippen molar-refractivity contribution in [2.45, 2.75) is 44.7 Å². The van der Waals surface area contributed by atoms with Gasteiger partial charge < -0.3 is 19.1 Å². The highest BCUT2D eigenvalue weighted by Crippen LogP contribution is 2.35. The minimum absolute atomic E-state index is 0.0448. The Balaban J connectivity index is 1.89. The number of carbonyl (C=O) groups is 1. The SMILES string of the molecule is COC(=O)NC1CCCC(n2c(=O)c3c(C)onc3c3c(Cl)cccc32)C1. The molecule has 1 saturated carbocycles. The number of alkyl carbamates (subject to hydrolysis) is 1. The molecule has 1 aliphatic rings. The molecule has 1 N–H and O–H groups in total. The monoisotopic (exact) mass is 389 g/mol. The lowest BCUT2D eigenvalue weighted by Gasteiger charge is -2.31. The van der Waals surface area contributed by atoms with E-state index in [2.05, 4.69) is 10.5 Å². The lowest BCUT2D eigenvalue weighted by atomic mass is 9.90. The molecule has 0 aliphatic heterocycles. The molecular weight excluding hydrogens is 370 g/mol. The number of rotatable bonds is 2. The number of aromatic nitrogens is 2. The Kier molecular flexibility index (Phi) is 4.55. The molecule has 2 heterocycles. The van der Waals surface area contributed by atoms with Crippen LogP contribution >= 0.6 is 11.6 Å². The van der Waals surface area contributed by atoms with E-state index in [1.165, 1.54) is 7.11 Å². The van der Waals surface area contributed by atoms with Crippen molar-refractivity contribution in [2.75, 3.05) is 7.11 Å². The summed E-state index contributed by atoms with van der Waals surface area (Å²) in [5, 5.41) is 8.63. The minimum atomic E-state index is -0.453. The smallest absolute Gasteiger partial charge is 0.407 e. The van der Waals surface area contributed by atoms with E-state index in [-0.39, 0.29) is 17.6 Å². The number of halogens is 1. The molecule has 0 saturated heterocycles. The Labute approximate surface area is 160 Å². The van der Waals surface area contributed by atoms with Gasteiger partial charge in [0, 0.05) is 17.5 Å². The van der Waals surface area contributed by atoms with E-state index < -0.39 is 6.09 Å². The number of nitrogens with zero attached hydrogens (tertiary/aromatic N) is 2. The lowest BCUT2D eigenvalue weighted by Crippen LogP contribution is -2.40. The van der Waals surface area contributed by atoms with Crippen molar-refractivity contribution >= 4 is 39.5 Å². The van der Waals surface area contributed by atoms with Gasteiger partial charge in [0.1, 0.15) is 16.7 Å². The van der Waals surface area contributed by atoms with Gasteiger partial charge in [-0.15, -0.1) is 0 Å². The van der Waals surface area contributed by atoms with E-state index in [9.17, 15) is 9.59 Å². The molecule has 1 amide bonds. The number of hydrogen-bond donors (Lipinski definition) is 1. The van der Waals surface area contributed by atoms with Crippen molar-refractivity contribution in [3.8, 4) is 0 Å². The molecule has 0 radical (unpaired) electrons. The summed E-state index contributed by atoms with van der Waals surface area (Å²) in [4.78, 5) is 24.9. The molecule has 0 spiro atoms. The Morgan fingerprint density at radius 2 is 2.19 bits per heavy atom. The molecule has 0 bridgehead atoms. The molecule has 4 rings (SSSR count). The second-order valence-electron chi connectivity index (χ2n) is 6.92. The first kappa shape index (κ1) is 17.9. The summed E-state index contributed by atoms with van der Waals surface area (Å²) in [7, 11) is 1.35. The van der Waals surface area contributed by atoms with E-state index in [0.717, 1.165) is 24.8 Å². The molecule has 1 aromatic carbocycles. The van der Waals surface area contributed by atoms with Gasteiger partial charge in [-0.25, -0.2) is 4.79 Å². The van der Waals surface area contributed by atoms with Crippen LogP contribution in [0.4, 0.5) is 4.79 Å². The van der Waals surface area contributed by atoms with Crippen LogP contribution in [0.2, 0.25) is 5.02 Å². The number of amides is 1. The van der Waals surface area contributed by atoms with Crippen molar-refractivity contribution in [3.05, 3.63) is 39.3 Å². The number of fused-ring (bicyclic) bond motifs is 3. The summed E-state index contributed by atoms with van der Waals surface area (Å²) >= 11 is 6.45. The zero-order chi connectivity index (χ0) is 19.1. The van der Waals surface area contributed by atoms with Gasteiger partial charge >= 0.3 is 6.09 Å². The van der Waals surface area contributed by atoms with Gasteiger partial charge in [-0.2, -0.15) is 0 Å². The van der Waals surface area contributed by atoms with Crippen LogP contribution in [0.1, 0.15) is 37.5 Å². The standard InChI is InChI=1S/C19H20ClN3O4/c1-10-15-17(22-27-10)16-13(20)7-4-8-14(16)23(18(15)24)12-6-3-5-11(9-12)21-19(25)26-2/h4,7-8,11-12H,3,5-6,9H2,1-2H3,(H,21,25). The molecule has 2 unspecified atom stereocenters. The largest absolute Gasteiger partial charge is 0.453 e. The van der Waals surface area contributed by atoms with E-state index >= 15 is 0 Å². The van der Waals surface area contributed by atoms with Gasteiger partial charge in [0.2, 0.25) is 0 Å². The molecule has 142 valence electrons. The third-order valence-corrected chi connectivity index (χ3v) is 5.62. The average Bonchev–Trinajstić information content (AvgIpc) is 3.04. The predicted molar refractivity (Wildman–Crippen MR) is 102 cm³/mol. The summed E-state index contributed by atoms with van der Waals surface area (Å²) in [6.45, 7) is 1.73. The number of methoxy groups -OCH3 is 1. The van der Waals surface area contributed by atoms with Crippen LogP contribution in [-0.4, -0.2) is 29.0 Å². The molecule has 3 aromatic rings. The first-order valence-corrected chi connectivity index (χ1v) is 9.32. The van der Waals surface area contributed by atoms with Crippen LogP contribution in [0.5, 0.6) is 0 Å². The number of benzene rings is 1. The van der Waals surface area contributed by atoms with Crippen LogP contribution in [0, 0.1) is 6.92 Å². The summed E-state index contributed by atoms with van der Waals surface area (Å²) in [5.74, 6) is 0.477. The zero-order valence-corrected chi connectivity index (χ0v) is 15.9. The summed E-state index contributed by atoms with van der Waals surface area (Å²) in [6, 6.07) is 5.38. The molecular formula is C19H20ClN3O4. The highest BCUT2D eigenvalue weighted by Gasteiger charge is 2.28. The first-order valence-electron chi connectivity index (χ1n) is 8.94. The lowest BCUT2D eigenvalue weighted by molar-refractivity contribution is 0.160. The highest BCUT2D eigenvalue weighted by atomic mass is 35.5. The fourth-order valence-corrected chi connectivity index (χ4v) is 4.35. The third-order valence-electron chi connectivity index (χ3n) is 5.30. The topological polar surface area (TPSA) is 86.4 Å². The fraction of sp³-hybridized carbons (Fsp3) is 0.421. The van der Waals surface area contributed by atoms with Crippen LogP contribution in [0.25, 0.3) is 21.8 Å². The number of aryl methyl sites for hydroxylation is 1. The summed E-state index contributed by atoms with van der Waals surface area (Å²) in [5.41, 5.74) is 1.09. The van der Waals surface area contributed by atoms with E-state index in [0.29, 0.717) is 33.5 Å². The molecule has 1 fully saturated rings. The Morgan fingerprint density at radius 1 is 1.37 bits per heavy atom. The van der Waals surface area contributed by atoms with E-state index in [4.69, 9.17) is 20.9 Å². The van der Waals surface area contributed by atoms with Gasteiger partial charge in [-0.3, -0.25) is 4.79 Å². The van der Waals surface area contributed by atoms with Gasteiger partial charge in [-0.05, 0) is 44.7 Å². The van der Waals surface area contributed by atoms with Gasteiger partial charge in [0.15, 0.2) is 0 Å². The van der Waals surface area contributed by atoms with Crippen molar-refractivity contribution in [2.24, 2.45) is 0 Å². The second kappa shape index (κ2) is 6.88. The normalized spacial score (nSPS) is 20.1. The van der Waals surface area contributed by atoms with Crippen LogP contribution in [0.15, 0.2) is 27.5 Å². The second-order valence-corrected chi connectivity index (χ2v) is 7.33. The van der Waals surface area contributed by atoms with Crippen LogP contribution in [-0.2, 0) is 4.74 Å². The van der Waals surface area contributed by atoms with E-state index in [1.54, 1.807) is 17.6 Å². The number of carbonyl (C=O) groups excluding carboxylic acids is 1. The zero-order valence-electron chi connectivity index (χ0n) is 15.1. The van der Waals surface area contributed by atoms with Gasteiger partial charge in [0.05, 0.1) is 17.6 Å². The Morgan fingerprint density at radius 3 is 2.96 bits per heavy atom. The summed E-state index contributed by atoms with van der Waals surface area (Å²) < 4.78 is 11.8. The third kappa shape index (κ3) is 2.96. The molecule has 7 nitrogen and oxygen atoms in total. The van der Waals surface area contributed by atoms with Crippen molar-refractivity contribution < 1.29 is 14.1 Å². The molecule has 2 atom stereocenters. The highest BCUT2D eigenvalue weighted by molar-refractivity contribution is 6.37. The maximum absolute atomic E-state index is 13.3. The van der Waals surface area contributed by atoms with Crippen molar-refractivity contribution in [3.63, 3.8) is 0 Å². The predicted octanol–water partition coefficient (Wildman–Crippen LogP) is 3.94. The number of ether oxygens (including phenoxy) is 1. The number of nitrogens with one attached hydrogen (secondary N) is 1. The van der Waals surface area contributed by atoms with Crippen molar-refractivity contribution in [1.29, 1.82) is 0 Å². The average molecular weight is 390 g/mol. The van der Waals surface area contributed by atoms with Gasteiger partial charge in [0.25, 0.3) is 5.56 Å². The molecule has 8 heteroatoms. The van der Waals surface area contributed by atoms with Crippen LogP contribution in [0.3, 0.4) is 0 Å². The Hall–Kier alpha value is -2.54. The number of hydrogen-bond acceptors (Lipinski definition) is 5. The first-order chi connectivity index (χ1) is 13.0. The molecule has 1 aliphatic carbocycles. The van der Waals surface area contributed by atoms with Crippen LogP contribution < -0.4 is 10.9 Å². The quantitative estimate of drug-likeness (QED) is 0.717. The minimum Gasteiger partial charge on any atom is -0.453 e. The maximum atomic E-state index is 13.3. The Bertz CT molecular complexity index is 1090. The number of pyridine rings is 1. The van der Waals surface area contributed by atoms with E-state index in [1.807, 2.05) is 12.1 Å².